The maximum atomic E-state index is 13.3. The van der Waals surface area contributed by atoms with Crippen molar-refractivity contribution in [3.63, 3.8) is 0 Å². The van der Waals surface area contributed by atoms with E-state index in [1.807, 2.05) is 0 Å². The predicted octanol–water partition coefficient (Wildman–Crippen LogP) is 3.53. The Balaban J connectivity index is 2.29. The van der Waals surface area contributed by atoms with Gasteiger partial charge in [0.05, 0.1) is 6.21 Å². The number of halogens is 5. The zero-order chi connectivity index (χ0) is 15.6. The Bertz CT molecular complexity index is 689. The Morgan fingerprint density at radius 3 is 2.05 bits per heavy atom. The van der Waals surface area contributed by atoms with Crippen LogP contribution in [-0.4, -0.2) is 11.3 Å². The van der Waals surface area contributed by atoms with Crippen molar-refractivity contribution >= 4 is 11.9 Å². The minimum atomic E-state index is -2.24. The van der Waals surface area contributed by atoms with Crippen LogP contribution in [0.25, 0.3) is 0 Å². The number of anilines is 1. The maximum Gasteiger partial charge on any atom is 0.200 e. The summed E-state index contributed by atoms with van der Waals surface area (Å²) in [4.78, 5) is 0. The molecule has 2 rings (SSSR count). The zero-order valence-electron chi connectivity index (χ0n) is 10.2. The first kappa shape index (κ1) is 14.8. The molecule has 0 aromatic heterocycles. The molecule has 0 radical (unpaired) electrons. The molecular formula is C13H7F5N2O. The van der Waals surface area contributed by atoms with Gasteiger partial charge in [0.15, 0.2) is 23.3 Å². The zero-order valence-corrected chi connectivity index (χ0v) is 10.2. The summed E-state index contributed by atoms with van der Waals surface area (Å²) in [6, 6.07) is 5.65. The SMILES string of the molecule is Oc1cccc(/C=N\Nc2c(F)c(F)c(F)c(F)c2F)c1. The Labute approximate surface area is 115 Å². The first-order chi connectivity index (χ1) is 9.91. The van der Waals surface area contributed by atoms with Crippen LogP contribution >= 0.6 is 0 Å². The molecule has 0 heterocycles. The lowest BCUT2D eigenvalue weighted by molar-refractivity contribution is 0.381. The lowest BCUT2D eigenvalue weighted by atomic mass is 10.2. The van der Waals surface area contributed by atoms with Crippen molar-refractivity contribution in [3.05, 3.63) is 58.9 Å². The van der Waals surface area contributed by atoms with Crippen molar-refractivity contribution in [1.29, 1.82) is 0 Å². The predicted molar refractivity (Wildman–Crippen MR) is 65.6 cm³/mol. The molecule has 0 saturated carbocycles. The minimum absolute atomic E-state index is 0.0739. The van der Waals surface area contributed by atoms with Gasteiger partial charge in [0.1, 0.15) is 11.4 Å². The topological polar surface area (TPSA) is 44.6 Å². The second-order valence-electron chi connectivity index (χ2n) is 3.91. The number of hydrogen-bond donors (Lipinski definition) is 2. The number of nitrogens with zero attached hydrogens (tertiary/aromatic N) is 1. The van der Waals surface area contributed by atoms with E-state index in [1.54, 1.807) is 5.43 Å². The number of hydrazone groups is 1. The van der Waals surface area contributed by atoms with Crippen LogP contribution in [0.2, 0.25) is 0 Å². The lowest BCUT2D eigenvalue weighted by Crippen LogP contribution is -2.06. The van der Waals surface area contributed by atoms with E-state index in [-0.39, 0.29) is 5.75 Å². The molecule has 0 fully saturated rings. The van der Waals surface area contributed by atoms with E-state index in [0.29, 0.717) is 5.56 Å². The standard InChI is InChI=1S/C13H7F5N2O/c14-8-9(15)11(17)13(12(18)10(8)16)20-19-5-6-2-1-3-7(21)4-6/h1-5,20-21H/b19-5-. The van der Waals surface area contributed by atoms with Gasteiger partial charge in [-0.25, -0.2) is 22.0 Å². The molecule has 2 aromatic carbocycles. The van der Waals surface area contributed by atoms with Crippen LogP contribution in [0.3, 0.4) is 0 Å². The molecule has 0 saturated heterocycles. The summed E-state index contributed by atoms with van der Waals surface area (Å²) in [6.45, 7) is 0. The summed E-state index contributed by atoms with van der Waals surface area (Å²) in [7, 11) is 0. The third-order valence-electron chi connectivity index (χ3n) is 2.47. The molecule has 110 valence electrons. The van der Waals surface area contributed by atoms with E-state index in [0.717, 1.165) is 6.21 Å². The van der Waals surface area contributed by atoms with Crippen LogP contribution in [-0.2, 0) is 0 Å². The van der Waals surface area contributed by atoms with Gasteiger partial charge in [0.25, 0.3) is 0 Å². The molecule has 0 bridgehead atoms. The van der Waals surface area contributed by atoms with Gasteiger partial charge >= 0.3 is 0 Å². The van der Waals surface area contributed by atoms with E-state index < -0.39 is 34.8 Å². The summed E-state index contributed by atoms with van der Waals surface area (Å²) in [5, 5.41) is 12.5. The first-order valence-electron chi connectivity index (χ1n) is 5.51. The average Bonchev–Trinajstić information content (AvgIpc) is 2.47. The molecule has 2 N–H and O–H groups in total. The van der Waals surface area contributed by atoms with Gasteiger partial charge in [0, 0.05) is 0 Å². The number of phenols is 1. The quantitative estimate of drug-likeness (QED) is 0.299. The van der Waals surface area contributed by atoms with E-state index in [4.69, 9.17) is 0 Å². The Morgan fingerprint density at radius 2 is 1.48 bits per heavy atom. The van der Waals surface area contributed by atoms with Crippen molar-refractivity contribution in [2.45, 2.75) is 0 Å². The second kappa shape index (κ2) is 5.78. The molecule has 2 aromatic rings. The van der Waals surface area contributed by atoms with Gasteiger partial charge in [-0.3, -0.25) is 5.43 Å². The molecule has 0 amide bonds. The minimum Gasteiger partial charge on any atom is -0.508 e. The number of rotatable bonds is 3. The molecule has 21 heavy (non-hydrogen) atoms. The number of benzene rings is 2. The van der Waals surface area contributed by atoms with E-state index in [1.165, 1.54) is 24.3 Å². The molecule has 0 spiro atoms. The van der Waals surface area contributed by atoms with Gasteiger partial charge in [0.2, 0.25) is 5.82 Å². The fourth-order valence-corrected chi connectivity index (χ4v) is 1.48. The van der Waals surface area contributed by atoms with Gasteiger partial charge in [-0.15, -0.1) is 0 Å². The summed E-state index contributed by atoms with van der Waals surface area (Å²) < 4.78 is 65.2. The molecule has 3 nitrogen and oxygen atoms in total. The number of aromatic hydroxyl groups is 1. The second-order valence-corrected chi connectivity index (χ2v) is 3.91. The summed E-state index contributed by atoms with van der Waals surface area (Å²) in [5.41, 5.74) is 0.841. The summed E-state index contributed by atoms with van der Waals surface area (Å²) in [5.74, 6) is -10.5. The van der Waals surface area contributed by atoms with Crippen molar-refractivity contribution in [2.24, 2.45) is 5.10 Å². The Morgan fingerprint density at radius 1 is 0.905 bits per heavy atom. The van der Waals surface area contributed by atoms with Gasteiger partial charge in [-0.1, -0.05) is 12.1 Å². The molecule has 0 aliphatic rings. The van der Waals surface area contributed by atoms with Crippen molar-refractivity contribution in [3.8, 4) is 5.75 Å². The third-order valence-corrected chi connectivity index (χ3v) is 2.47. The largest absolute Gasteiger partial charge is 0.508 e. The highest BCUT2D eigenvalue weighted by atomic mass is 19.2. The monoisotopic (exact) mass is 302 g/mol. The van der Waals surface area contributed by atoms with Crippen molar-refractivity contribution in [2.75, 3.05) is 5.43 Å². The molecule has 0 atom stereocenters. The van der Waals surface area contributed by atoms with Gasteiger partial charge < -0.3 is 5.11 Å². The smallest absolute Gasteiger partial charge is 0.200 e. The number of hydrogen-bond acceptors (Lipinski definition) is 3. The van der Waals surface area contributed by atoms with Gasteiger partial charge in [-0.2, -0.15) is 5.10 Å². The Hall–Kier alpha value is -2.64. The van der Waals surface area contributed by atoms with Crippen molar-refractivity contribution < 1.29 is 27.1 Å². The molecule has 8 heteroatoms. The third kappa shape index (κ3) is 2.93. The fraction of sp³-hybridized carbons (Fsp3) is 0. The van der Waals surface area contributed by atoms with Crippen LogP contribution in [0.1, 0.15) is 5.56 Å². The highest BCUT2D eigenvalue weighted by molar-refractivity contribution is 5.80. The summed E-state index contributed by atoms with van der Waals surface area (Å²) >= 11 is 0. The lowest BCUT2D eigenvalue weighted by Gasteiger charge is -2.06. The van der Waals surface area contributed by atoms with Crippen LogP contribution in [0.4, 0.5) is 27.6 Å². The van der Waals surface area contributed by atoms with Crippen molar-refractivity contribution in [1.82, 2.24) is 0 Å². The van der Waals surface area contributed by atoms with E-state index >= 15 is 0 Å². The molecule has 0 aliphatic carbocycles. The summed E-state index contributed by atoms with van der Waals surface area (Å²) in [6.07, 6.45) is 1.04. The van der Waals surface area contributed by atoms with Crippen LogP contribution in [0, 0.1) is 29.1 Å². The first-order valence-corrected chi connectivity index (χ1v) is 5.51. The van der Waals surface area contributed by atoms with E-state index in [9.17, 15) is 27.1 Å². The van der Waals surface area contributed by atoms with Crippen LogP contribution < -0.4 is 5.43 Å². The highest BCUT2D eigenvalue weighted by Crippen LogP contribution is 2.27. The maximum absolute atomic E-state index is 13.3. The average molecular weight is 302 g/mol. The highest BCUT2D eigenvalue weighted by Gasteiger charge is 2.25. The number of phenolic OH excluding ortho intramolecular Hbond substituents is 1. The molecule has 0 unspecified atom stereocenters. The molecular weight excluding hydrogens is 295 g/mol. The van der Waals surface area contributed by atoms with E-state index in [2.05, 4.69) is 5.10 Å². The number of nitrogens with one attached hydrogen (secondary N) is 1. The van der Waals surface area contributed by atoms with Gasteiger partial charge in [-0.05, 0) is 17.7 Å². The fourth-order valence-electron chi connectivity index (χ4n) is 1.48. The Kier molecular flexibility index (Phi) is 4.06. The molecule has 0 aliphatic heterocycles. The van der Waals surface area contributed by atoms with Crippen LogP contribution in [0.15, 0.2) is 29.4 Å². The normalized spacial score (nSPS) is 11.1. The van der Waals surface area contributed by atoms with Crippen LogP contribution in [0.5, 0.6) is 5.75 Å².